The van der Waals surface area contributed by atoms with Crippen molar-refractivity contribution in [1.29, 1.82) is 0 Å². The Labute approximate surface area is 123 Å². The van der Waals surface area contributed by atoms with Gasteiger partial charge in [-0.1, -0.05) is 11.6 Å². The predicted molar refractivity (Wildman–Crippen MR) is 74.9 cm³/mol. The fraction of sp³-hybridized carbons (Fsp3) is 0.0714. The Morgan fingerprint density at radius 2 is 1.81 bits per heavy atom. The molecule has 110 valence electrons. The molecule has 0 atom stereocenters. The normalized spacial score (nSPS) is 10.3. The Balaban J connectivity index is 1.94. The summed E-state index contributed by atoms with van der Waals surface area (Å²) in [6.45, 7) is -0.239. The molecular weight excluding hydrogens is 305 g/mol. The third kappa shape index (κ3) is 4.13. The van der Waals surface area contributed by atoms with Crippen LogP contribution in [0.15, 0.2) is 36.4 Å². The summed E-state index contributed by atoms with van der Waals surface area (Å²) in [5, 5.41) is 4.87. The minimum Gasteiger partial charge on any atom is -0.374 e. The number of hydrogen-bond acceptors (Lipinski definition) is 2. The molecule has 3 nitrogen and oxygen atoms in total. The maximum absolute atomic E-state index is 13.3. The topological polar surface area (TPSA) is 41.1 Å². The van der Waals surface area contributed by atoms with Gasteiger partial charge in [-0.15, -0.1) is 0 Å². The number of benzene rings is 2. The maximum atomic E-state index is 13.3. The number of carbonyl (C=O) groups excluding carboxylic acids is 1. The van der Waals surface area contributed by atoms with Gasteiger partial charge in [0.25, 0.3) is 0 Å². The highest BCUT2D eigenvalue weighted by Gasteiger charge is 2.07. The SMILES string of the molecule is O=C(CNc1ccc(F)cc1F)Nc1ccc(F)c(Cl)c1. The van der Waals surface area contributed by atoms with Crippen LogP contribution in [0.5, 0.6) is 0 Å². The lowest BCUT2D eigenvalue weighted by molar-refractivity contribution is -0.114. The van der Waals surface area contributed by atoms with Crippen LogP contribution in [0.25, 0.3) is 0 Å². The van der Waals surface area contributed by atoms with Gasteiger partial charge in [0.15, 0.2) is 0 Å². The highest BCUT2D eigenvalue weighted by Crippen LogP contribution is 2.19. The molecule has 21 heavy (non-hydrogen) atoms. The predicted octanol–water partition coefficient (Wildman–Crippen LogP) is 3.81. The largest absolute Gasteiger partial charge is 0.374 e. The van der Waals surface area contributed by atoms with Crippen molar-refractivity contribution in [1.82, 2.24) is 0 Å². The van der Waals surface area contributed by atoms with Gasteiger partial charge in [0.2, 0.25) is 5.91 Å². The van der Waals surface area contributed by atoms with E-state index in [1.165, 1.54) is 18.2 Å². The zero-order valence-electron chi connectivity index (χ0n) is 10.6. The van der Waals surface area contributed by atoms with Gasteiger partial charge < -0.3 is 10.6 Å². The summed E-state index contributed by atoms with van der Waals surface area (Å²) >= 11 is 5.58. The lowest BCUT2D eigenvalue weighted by atomic mass is 10.3. The second kappa shape index (κ2) is 6.49. The number of amides is 1. The second-order valence-electron chi connectivity index (χ2n) is 4.15. The Bertz CT molecular complexity index is 679. The lowest BCUT2D eigenvalue weighted by Gasteiger charge is -2.09. The smallest absolute Gasteiger partial charge is 0.243 e. The van der Waals surface area contributed by atoms with Gasteiger partial charge in [-0.25, -0.2) is 13.2 Å². The molecule has 2 aromatic carbocycles. The molecule has 0 unspecified atom stereocenters. The van der Waals surface area contributed by atoms with Crippen molar-refractivity contribution >= 4 is 28.9 Å². The van der Waals surface area contributed by atoms with Gasteiger partial charge in [0.05, 0.1) is 17.3 Å². The minimum atomic E-state index is -0.798. The molecule has 0 aliphatic heterocycles. The molecular formula is C14H10ClF3N2O. The first-order valence-electron chi connectivity index (χ1n) is 5.89. The average Bonchev–Trinajstić information content (AvgIpc) is 2.42. The molecule has 7 heteroatoms. The summed E-state index contributed by atoms with van der Waals surface area (Å²) in [6.07, 6.45) is 0. The first kappa shape index (κ1) is 15.2. The number of halogens is 4. The third-order valence-electron chi connectivity index (χ3n) is 2.57. The molecule has 0 radical (unpaired) electrons. The van der Waals surface area contributed by atoms with Crippen molar-refractivity contribution in [3.63, 3.8) is 0 Å². The van der Waals surface area contributed by atoms with E-state index in [1.807, 2.05) is 0 Å². The van der Waals surface area contributed by atoms with Crippen molar-refractivity contribution in [2.75, 3.05) is 17.2 Å². The van der Waals surface area contributed by atoms with E-state index < -0.39 is 23.4 Å². The van der Waals surface area contributed by atoms with Crippen LogP contribution in [0.1, 0.15) is 0 Å². The van der Waals surface area contributed by atoms with Crippen molar-refractivity contribution < 1.29 is 18.0 Å². The van der Waals surface area contributed by atoms with E-state index in [1.54, 1.807) is 0 Å². The zero-order valence-corrected chi connectivity index (χ0v) is 11.3. The molecule has 0 saturated heterocycles. The number of rotatable bonds is 4. The van der Waals surface area contributed by atoms with E-state index in [-0.39, 0.29) is 17.3 Å². The van der Waals surface area contributed by atoms with Crippen molar-refractivity contribution in [3.8, 4) is 0 Å². The summed E-state index contributed by atoms with van der Waals surface area (Å²) in [4.78, 5) is 11.7. The quantitative estimate of drug-likeness (QED) is 0.901. The van der Waals surface area contributed by atoms with Crippen LogP contribution in [0.4, 0.5) is 24.5 Å². The van der Waals surface area contributed by atoms with Crippen LogP contribution in [-0.2, 0) is 4.79 Å². The van der Waals surface area contributed by atoms with E-state index in [0.29, 0.717) is 11.8 Å². The molecule has 0 saturated carbocycles. The fourth-order valence-corrected chi connectivity index (χ4v) is 1.77. The molecule has 0 bridgehead atoms. The van der Waals surface area contributed by atoms with Crippen LogP contribution in [0.2, 0.25) is 5.02 Å². The van der Waals surface area contributed by atoms with E-state index in [2.05, 4.69) is 10.6 Å². The molecule has 0 aliphatic carbocycles. The molecule has 2 N–H and O–H groups in total. The second-order valence-corrected chi connectivity index (χ2v) is 4.56. The standard InChI is InChI=1S/C14H10ClF3N2O/c15-10-6-9(2-3-11(10)17)20-14(21)7-19-13-4-1-8(16)5-12(13)18/h1-6,19H,7H2,(H,20,21). The summed E-state index contributed by atoms with van der Waals surface area (Å²) in [6, 6.07) is 6.69. The lowest BCUT2D eigenvalue weighted by Crippen LogP contribution is -2.22. The van der Waals surface area contributed by atoms with Gasteiger partial charge >= 0.3 is 0 Å². The fourth-order valence-electron chi connectivity index (χ4n) is 1.59. The highest BCUT2D eigenvalue weighted by atomic mass is 35.5. The van der Waals surface area contributed by atoms with Gasteiger partial charge in [0.1, 0.15) is 17.5 Å². The Hall–Kier alpha value is -2.21. The van der Waals surface area contributed by atoms with E-state index in [9.17, 15) is 18.0 Å². The van der Waals surface area contributed by atoms with Gasteiger partial charge in [-0.3, -0.25) is 4.79 Å². The Kier molecular flexibility index (Phi) is 4.70. The minimum absolute atomic E-state index is 0.00342. The zero-order chi connectivity index (χ0) is 15.4. The number of nitrogens with one attached hydrogen (secondary N) is 2. The molecule has 1 amide bonds. The monoisotopic (exact) mass is 314 g/mol. The molecule has 0 heterocycles. The van der Waals surface area contributed by atoms with Crippen molar-refractivity contribution in [3.05, 3.63) is 58.9 Å². The Morgan fingerprint density at radius 1 is 1.05 bits per heavy atom. The number of anilines is 2. The van der Waals surface area contributed by atoms with Gasteiger partial charge in [-0.2, -0.15) is 0 Å². The first-order valence-corrected chi connectivity index (χ1v) is 6.27. The highest BCUT2D eigenvalue weighted by molar-refractivity contribution is 6.31. The molecule has 2 rings (SSSR count). The average molecular weight is 315 g/mol. The van der Waals surface area contributed by atoms with E-state index in [4.69, 9.17) is 11.6 Å². The summed E-state index contributed by atoms with van der Waals surface area (Å²) in [7, 11) is 0. The first-order chi connectivity index (χ1) is 9.95. The number of hydrogen-bond donors (Lipinski definition) is 2. The van der Waals surface area contributed by atoms with Gasteiger partial charge in [-0.05, 0) is 30.3 Å². The molecule has 0 fully saturated rings. The van der Waals surface area contributed by atoms with Crippen molar-refractivity contribution in [2.24, 2.45) is 0 Å². The summed E-state index contributed by atoms with van der Waals surface area (Å²) < 4.78 is 39.0. The molecule has 2 aromatic rings. The maximum Gasteiger partial charge on any atom is 0.243 e. The van der Waals surface area contributed by atoms with Crippen LogP contribution < -0.4 is 10.6 Å². The molecule has 0 spiro atoms. The summed E-state index contributed by atoms with van der Waals surface area (Å²) in [5.74, 6) is -2.58. The van der Waals surface area contributed by atoms with Gasteiger partial charge in [0, 0.05) is 11.8 Å². The van der Waals surface area contributed by atoms with Crippen LogP contribution in [0, 0.1) is 17.5 Å². The third-order valence-corrected chi connectivity index (χ3v) is 2.86. The molecule has 0 aliphatic rings. The van der Waals surface area contributed by atoms with Crippen LogP contribution >= 0.6 is 11.6 Å². The summed E-state index contributed by atoms with van der Waals surface area (Å²) in [5.41, 5.74) is 0.316. The number of carbonyl (C=O) groups is 1. The van der Waals surface area contributed by atoms with E-state index >= 15 is 0 Å². The molecule has 0 aromatic heterocycles. The van der Waals surface area contributed by atoms with Crippen molar-refractivity contribution in [2.45, 2.75) is 0 Å². The van der Waals surface area contributed by atoms with Crippen LogP contribution in [0.3, 0.4) is 0 Å². The Morgan fingerprint density at radius 3 is 2.48 bits per heavy atom. The van der Waals surface area contributed by atoms with Crippen LogP contribution in [-0.4, -0.2) is 12.5 Å². The van der Waals surface area contributed by atoms with E-state index in [0.717, 1.165) is 12.1 Å².